The van der Waals surface area contributed by atoms with Gasteiger partial charge in [-0.05, 0) is 43.3 Å². The monoisotopic (exact) mass is 441 g/mol. The first-order chi connectivity index (χ1) is 16.0. The number of nitro groups is 1. The third-order valence-electron chi connectivity index (χ3n) is 6.07. The maximum Gasteiger partial charge on any atom is 0.292 e. The predicted octanol–water partition coefficient (Wildman–Crippen LogP) is 4.20. The number of hydrogen-bond acceptors (Lipinski definition) is 5. The Balaban J connectivity index is 1.35. The number of piperazine rings is 1. The average molecular weight is 441 g/mol. The summed E-state index contributed by atoms with van der Waals surface area (Å²) in [5.74, 6) is 0.810. The zero-order valence-electron chi connectivity index (χ0n) is 18.2. The van der Waals surface area contributed by atoms with E-state index in [-0.39, 0.29) is 16.5 Å². The third kappa shape index (κ3) is 3.80. The molecule has 1 aromatic heterocycles. The number of imidazole rings is 1. The number of carbonyl (C=O) groups is 1. The molecule has 0 radical (unpaired) electrons. The van der Waals surface area contributed by atoms with Crippen molar-refractivity contribution in [2.45, 2.75) is 6.92 Å². The van der Waals surface area contributed by atoms with Crippen molar-refractivity contribution >= 4 is 28.3 Å². The summed E-state index contributed by atoms with van der Waals surface area (Å²) in [6, 6.07) is 22.4. The number of nitrogens with zero attached hydrogens (tertiary/aromatic N) is 5. The second kappa shape index (κ2) is 8.38. The molecule has 1 aliphatic heterocycles. The molecule has 0 bridgehead atoms. The molecular weight excluding hydrogens is 418 g/mol. The van der Waals surface area contributed by atoms with Crippen molar-refractivity contribution in [1.29, 1.82) is 0 Å². The highest BCUT2D eigenvalue weighted by Gasteiger charge is 2.26. The molecule has 3 aromatic carbocycles. The van der Waals surface area contributed by atoms with Crippen LogP contribution in [0.5, 0.6) is 0 Å². The molecule has 0 spiro atoms. The number of nitro benzene ring substituents is 1. The second-order valence-corrected chi connectivity index (χ2v) is 8.06. The summed E-state index contributed by atoms with van der Waals surface area (Å²) in [4.78, 5) is 32.6. The van der Waals surface area contributed by atoms with Crippen LogP contribution in [0.1, 0.15) is 16.2 Å². The minimum atomic E-state index is -0.362. The lowest BCUT2D eigenvalue weighted by Crippen LogP contribution is -2.48. The Labute approximate surface area is 190 Å². The van der Waals surface area contributed by atoms with E-state index in [0.29, 0.717) is 37.4 Å². The molecule has 1 fully saturated rings. The zero-order valence-corrected chi connectivity index (χ0v) is 18.2. The van der Waals surface area contributed by atoms with Gasteiger partial charge in [-0.3, -0.25) is 19.5 Å². The summed E-state index contributed by atoms with van der Waals surface area (Å²) in [6.45, 7) is 4.04. The second-order valence-electron chi connectivity index (χ2n) is 8.06. The summed E-state index contributed by atoms with van der Waals surface area (Å²) in [7, 11) is 0. The number of para-hydroxylation sites is 3. The van der Waals surface area contributed by atoms with E-state index >= 15 is 0 Å². The Morgan fingerprint density at radius 2 is 1.64 bits per heavy atom. The highest BCUT2D eigenvalue weighted by Crippen LogP contribution is 2.29. The zero-order chi connectivity index (χ0) is 22.9. The molecular formula is C25H23N5O3. The Bertz CT molecular complexity index is 1340. The molecule has 8 nitrogen and oxygen atoms in total. The van der Waals surface area contributed by atoms with Crippen molar-refractivity contribution in [3.8, 4) is 5.69 Å². The molecule has 5 rings (SSSR count). The van der Waals surface area contributed by atoms with E-state index in [4.69, 9.17) is 0 Å². The Morgan fingerprint density at radius 1 is 0.939 bits per heavy atom. The molecule has 0 saturated carbocycles. The number of hydrogen-bond donors (Lipinski definition) is 0. The number of aryl methyl sites for hydroxylation is 1. The van der Waals surface area contributed by atoms with Gasteiger partial charge in [0.2, 0.25) is 0 Å². The van der Waals surface area contributed by atoms with Crippen molar-refractivity contribution in [3.63, 3.8) is 0 Å². The largest absolute Gasteiger partial charge is 0.362 e. The normalized spacial score (nSPS) is 14.0. The number of amides is 1. The Kier molecular flexibility index (Phi) is 5.26. The van der Waals surface area contributed by atoms with Gasteiger partial charge in [0.25, 0.3) is 11.6 Å². The lowest BCUT2D eigenvalue weighted by Gasteiger charge is -2.35. The predicted molar refractivity (Wildman–Crippen MR) is 127 cm³/mol. The molecule has 0 unspecified atom stereocenters. The van der Waals surface area contributed by atoms with Gasteiger partial charge in [0.1, 0.15) is 11.5 Å². The first-order valence-corrected chi connectivity index (χ1v) is 10.8. The number of benzene rings is 3. The number of aromatic nitrogens is 2. The van der Waals surface area contributed by atoms with Crippen LogP contribution in [0, 0.1) is 17.0 Å². The van der Waals surface area contributed by atoms with E-state index in [0.717, 1.165) is 22.5 Å². The lowest BCUT2D eigenvalue weighted by molar-refractivity contribution is -0.384. The highest BCUT2D eigenvalue weighted by atomic mass is 16.6. The summed E-state index contributed by atoms with van der Waals surface area (Å²) in [5, 5.41) is 11.4. The molecule has 0 N–H and O–H groups in total. The summed E-state index contributed by atoms with van der Waals surface area (Å²) < 4.78 is 2.08. The van der Waals surface area contributed by atoms with Crippen LogP contribution in [0.4, 0.5) is 11.4 Å². The number of rotatable bonds is 4. The van der Waals surface area contributed by atoms with E-state index in [1.807, 2.05) is 60.4 Å². The van der Waals surface area contributed by atoms with E-state index in [9.17, 15) is 14.9 Å². The quantitative estimate of drug-likeness (QED) is 0.350. The van der Waals surface area contributed by atoms with Crippen molar-refractivity contribution in [3.05, 3.63) is 94.3 Å². The summed E-state index contributed by atoms with van der Waals surface area (Å²) in [5.41, 5.74) is 4.05. The van der Waals surface area contributed by atoms with Crippen molar-refractivity contribution in [2.24, 2.45) is 0 Å². The van der Waals surface area contributed by atoms with Gasteiger partial charge < -0.3 is 9.80 Å². The van der Waals surface area contributed by atoms with Crippen molar-refractivity contribution in [1.82, 2.24) is 14.5 Å². The molecule has 33 heavy (non-hydrogen) atoms. The van der Waals surface area contributed by atoms with Crippen LogP contribution in [-0.2, 0) is 0 Å². The van der Waals surface area contributed by atoms with Gasteiger partial charge in [-0.25, -0.2) is 4.98 Å². The van der Waals surface area contributed by atoms with Gasteiger partial charge in [0.05, 0.1) is 16.0 Å². The molecule has 4 aromatic rings. The molecule has 1 saturated heterocycles. The Hall–Kier alpha value is -4.20. The number of fused-ring (bicyclic) bond motifs is 1. The lowest BCUT2D eigenvalue weighted by atomic mass is 10.1. The van der Waals surface area contributed by atoms with Gasteiger partial charge in [0, 0.05) is 43.5 Å². The van der Waals surface area contributed by atoms with Crippen molar-refractivity contribution < 1.29 is 9.72 Å². The molecule has 1 aliphatic rings. The first-order valence-electron chi connectivity index (χ1n) is 10.8. The van der Waals surface area contributed by atoms with Crippen LogP contribution in [-0.4, -0.2) is 51.5 Å². The van der Waals surface area contributed by atoms with Crippen LogP contribution >= 0.6 is 0 Å². The standard InChI is InChI=1S/C25H23N5O3/c1-18-26-21-17-19(11-12-22(21)29(18)20-7-3-2-4-8-20)25(31)28-15-13-27(14-16-28)23-9-5-6-10-24(23)30(32)33/h2-12,17H,13-16H2,1H3. The Morgan fingerprint density at radius 3 is 2.36 bits per heavy atom. The first kappa shape index (κ1) is 20.7. The third-order valence-corrected chi connectivity index (χ3v) is 6.07. The minimum Gasteiger partial charge on any atom is -0.362 e. The van der Waals surface area contributed by atoms with Crippen LogP contribution in [0.25, 0.3) is 16.7 Å². The number of anilines is 1. The van der Waals surface area contributed by atoms with Crippen LogP contribution in [0.15, 0.2) is 72.8 Å². The fourth-order valence-electron chi connectivity index (χ4n) is 4.46. The van der Waals surface area contributed by atoms with Crippen LogP contribution < -0.4 is 4.90 Å². The molecule has 166 valence electrons. The summed E-state index contributed by atoms with van der Waals surface area (Å²) in [6.07, 6.45) is 0. The molecule has 0 atom stereocenters. The maximum absolute atomic E-state index is 13.2. The van der Waals surface area contributed by atoms with E-state index in [2.05, 4.69) is 9.55 Å². The average Bonchev–Trinajstić information content (AvgIpc) is 3.19. The smallest absolute Gasteiger partial charge is 0.292 e. The van der Waals surface area contributed by atoms with Gasteiger partial charge >= 0.3 is 0 Å². The SMILES string of the molecule is Cc1nc2cc(C(=O)N3CCN(c4ccccc4[N+](=O)[O-])CC3)ccc2n1-c1ccccc1. The van der Waals surface area contributed by atoms with Crippen molar-refractivity contribution in [2.75, 3.05) is 31.1 Å². The maximum atomic E-state index is 13.2. The summed E-state index contributed by atoms with van der Waals surface area (Å²) >= 11 is 0. The van der Waals surface area contributed by atoms with Gasteiger partial charge in [0.15, 0.2) is 0 Å². The molecule has 8 heteroatoms. The van der Waals surface area contributed by atoms with Gasteiger partial charge in [-0.1, -0.05) is 30.3 Å². The van der Waals surface area contributed by atoms with E-state index in [1.165, 1.54) is 6.07 Å². The van der Waals surface area contributed by atoms with E-state index < -0.39 is 0 Å². The van der Waals surface area contributed by atoms with Gasteiger partial charge in [-0.15, -0.1) is 0 Å². The van der Waals surface area contributed by atoms with Crippen LogP contribution in [0.3, 0.4) is 0 Å². The molecule has 2 heterocycles. The molecule has 0 aliphatic carbocycles. The number of carbonyl (C=O) groups excluding carboxylic acids is 1. The topological polar surface area (TPSA) is 84.5 Å². The van der Waals surface area contributed by atoms with Crippen LogP contribution in [0.2, 0.25) is 0 Å². The highest BCUT2D eigenvalue weighted by molar-refractivity contribution is 5.98. The minimum absolute atomic E-state index is 0.0500. The fourth-order valence-corrected chi connectivity index (χ4v) is 4.46. The molecule has 1 amide bonds. The van der Waals surface area contributed by atoms with E-state index in [1.54, 1.807) is 23.1 Å². The van der Waals surface area contributed by atoms with Gasteiger partial charge in [-0.2, -0.15) is 0 Å². The fraction of sp³-hybridized carbons (Fsp3) is 0.200.